The average Bonchev–Trinajstić information content (AvgIpc) is 2.58. The molecule has 0 amide bonds. The zero-order valence-corrected chi connectivity index (χ0v) is 14.7. The van der Waals surface area contributed by atoms with Gasteiger partial charge in [-0.25, -0.2) is 4.68 Å². The van der Waals surface area contributed by atoms with E-state index in [9.17, 15) is 4.79 Å². The first-order chi connectivity index (χ1) is 11.6. The Labute approximate surface area is 147 Å². The lowest BCUT2D eigenvalue weighted by atomic mass is 10.2. The molecule has 0 saturated carbocycles. The molecule has 0 atom stereocenters. The predicted molar refractivity (Wildman–Crippen MR) is 98.0 cm³/mol. The van der Waals surface area contributed by atoms with Crippen molar-refractivity contribution in [3.8, 4) is 0 Å². The van der Waals surface area contributed by atoms with E-state index in [1.165, 1.54) is 5.69 Å². The lowest BCUT2D eigenvalue weighted by molar-refractivity contribution is 0.248. The number of aryl methyl sites for hydroxylation is 2. The van der Waals surface area contributed by atoms with E-state index in [-0.39, 0.29) is 5.56 Å². The molecule has 0 bridgehead atoms. The van der Waals surface area contributed by atoms with Crippen molar-refractivity contribution >= 4 is 17.3 Å². The number of aromatic nitrogens is 2. The van der Waals surface area contributed by atoms with E-state index in [0.29, 0.717) is 6.54 Å². The summed E-state index contributed by atoms with van der Waals surface area (Å²) in [6, 6.07) is 11.4. The number of hydrogen-bond donors (Lipinski definition) is 0. The number of piperazine rings is 1. The molecular formula is C18H23ClN4O. The molecule has 128 valence electrons. The van der Waals surface area contributed by atoms with Crippen molar-refractivity contribution in [2.24, 2.45) is 0 Å². The van der Waals surface area contributed by atoms with Crippen LogP contribution in [0.2, 0.25) is 5.02 Å². The topological polar surface area (TPSA) is 41.4 Å². The molecule has 1 aliphatic heterocycles. The van der Waals surface area contributed by atoms with Crippen LogP contribution < -0.4 is 10.5 Å². The minimum atomic E-state index is -0.0219. The third kappa shape index (κ3) is 4.36. The maximum Gasteiger partial charge on any atom is 0.266 e. The molecule has 5 nitrogen and oxygen atoms in total. The van der Waals surface area contributed by atoms with Crippen LogP contribution in [0.3, 0.4) is 0 Å². The van der Waals surface area contributed by atoms with Crippen molar-refractivity contribution in [3.63, 3.8) is 0 Å². The minimum Gasteiger partial charge on any atom is -0.369 e. The van der Waals surface area contributed by atoms with Gasteiger partial charge in [0.2, 0.25) is 0 Å². The van der Waals surface area contributed by atoms with Crippen LogP contribution in [-0.4, -0.2) is 47.4 Å². The summed E-state index contributed by atoms with van der Waals surface area (Å²) in [6.07, 6.45) is 0.938. The fourth-order valence-electron chi connectivity index (χ4n) is 3.06. The normalized spacial score (nSPS) is 15.7. The highest BCUT2D eigenvalue weighted by atomic mass is 35.5. The molecule has 0 unspecified atom stereocenters. The van der Waals surface area contributed by atoms with Gasteiger partial charge in [-0.05, 0) is 37.6 Å². The standard InChI is InChI=1S/C18H23ClN4O/c1-15-6-7-18(24)23(20-15)9-3-8-21-10-12-22(13-11-21)17-5-2-4-16(19)14-17/h2,4-7,14H,3,8-13H2,1H3. The summed E-state index contributed by atoms with van der Waals surface area (Å²) in [5.41, 5.74) is 2.05. The fourth-order valence-corrected chi connectivity index (χ4v) is 3.24. The monoisotopic (exact) mass is 346 g/mol. The van der Waals surface area contributed by atoms with Gasteiger partial charge in [-0.1, -0.05) is 17.7 Å². The highest BCUT2D eigenvalue weighted by Gasteiger charge is 2.17. The molecule has 1 saturated heterocycles. The molecule has 1 aliphatic rings. The third-order valence-electron chi connectivity index (χ3n) is 4.39. The summed E-state index contributed by atoms with van der Waals surface area (Å²) >= 11 is 6.07. The predicted octanol–water partition coefficient (Wildman–Crippen LogP) is 2.42. The zero-order chi connectivity index (χ0) is 16.9. The minimum absolute atomic E-state index is 0.0219. The van der Waals surface area contributed by atoms with Crippen molar-refractivity contribution in [1.29, 1.82) is 0 Å². The Morgan fingerprint density at radius 3 is 2.62 bits per heavy atom. The van der Waals surface area contributed by atoms with Crippen LogP contribution in [-0.2, 0) is 6.54 Å². The Morgan fingerprint density at radius 1 is 1.08 bits per heavy atom. The van der Waals surface area contributed by atoms with Gasteiger partial charge < -0.3 is 4.90 Å². The van der Waals surface area contributed by atoms with E-state index in [1.54, 1.807) is 16.8 Å². The van der Waals surface area contributed by atoms with E-state index in [2.05, 4.69) is 21.0 Å². The van der Waals surface area contributed by atoms with Crippen molar-refractivity contribution in [1.82, 2.24) is 14.7 Å². The van der Waals surface area contributed by atoms with Gasteiger partial charge in [-0.2, -0.15) is 5.10 Å². The number of halogens is 1. The fraction of sp³-hybridized carbons (Fsp3) is 0.444. The molecule has 6 heteroatoms. The van der Waals surface area contributed by atoms with Gasteiger partial charge in [0.15, 0.2) is 0 Å². The highest BCUT2D eigenvalue weighted by molar-refractivity contribution is 6.30. The second-order valence-electron chi connectivity index (χ2n) is 6.20. The van der Waals surface area contributed by atoms with Gasteiger partial charge in [-0.3, -0.25) is 9.69 Å². The second-order valence-corrected chi connectivity index (χ2v) is 6.63. The van der Waals surface area contributed by atoms with Crippen LogP contribution in [0.4, 0.5) is 5.69 Å². The van der Waals surface area contributed by atoms with E-state index < -0.39 is 0 Å². The van der Waals surface area contributed by atoms with E-state index in [4.69, 9.17) is 11.6 Å². The average molecular weight is 347 g/mol. The molecular weight excluding hydrogens is 324 g/mol. The summed E-state index contributed by atoms with van der Waals surface area (Å²) in [5, 5.41) is 5.06. The summed E-state index contributed by atoms with van der Waals surface area (Å²) in [7, 11) is 0. The molecule has 0 N–H and O–H groups in total. The molecule has 1 aromatic carbocycles. The Bertz CT molecular complexity index is 738. The maximum atomic E-state index is 11.8. The van der Waals surface area contributed by atoms with Crippen LogP contribution in [0.25, 0.3) is 0 Å². The third-order valence-corrected chi connectivity index (χ3v) is 4.62. The van der Waals surface area contributed by atoms with Crippen molar-refractivity contribution < 1.29 is 0 Å². The molecule has 0 spiro atoms. The van der Waals surface area contributed by atoms with Gasteiger partial charge in [0, 0.05) is 56.0 Å². The molecule has 2 aromatic rings. The molecule has 1 fully saturated rings. The van der Waals surface area contributed by atoms with E-state index >= 15 is 0 Å². The van der Waals surface area contributed by atoms with Gasteiger partial charge in [0.05, 0.1) is 5.69 Å². The van der Waals surface area contributed by atoms with Gasteiger partial charge >= 0.3 is 0 Å². The Hall–Kier alpha value is -1.85. The number of benzene rings is 1. The maximum absolute atomic E-state index is 11.8. The first-order valence-corrected chi connectivity index (χ1v) is 8.77. The van der Waals surface area contributed by atoms with Crippen molar-refractivity contribution in [2.75, 3.05) is 37.6 Å². The van der Waals surface area contributed by atoms with Crippen molar-refractivity contribution in [2.45, 2.75) is 19.9 Å². The Kier molecular flexibility index (Phi) is 5.53. The van der Waals surface area contributed by atoms with Crippen LogP contribution in [0.15, 0.2) is 41.2 Å². The van der Waals surface area contributed by atoms with Crippen LogP contribution in [0.5, 0.6) is 0 Å². The number of anilines is 1. The lowest BCUT2D eigenvalue weighted by Crippen LogP contribution is -2.46. The molecule has 24 heavy (non-hydrogen) atoms. The lowest BCUT2D eigenvalue weighted by Gasteiger charge is -2.36. The number of rotatable bonds is 5. The highest BCUT2D eigenvalue weighted by Crippen LogP contribution is 2.20. The Morgan fingerprint density at radius 2 is 1.88 bits per heavy atom. The number of hydrogen-bond acceptors (Lipinski definition) is 4. The van der Waals surface area contributed by atoms with Gasteiger partial charge in [-0.15, -0.1) is 0 Å². The smallest absolute Gasteiger partial charge is 0.266 e. The van der Waals surface area contributed by atoms with Crippen molar-refractivity contribution in [3.05, 3.63) is 57.5 Å². The molecule has 0 radical (unpaired) electrons. The van der Waals surface area contributed by atoms with Crippen LogP contribution in [0.1, 0.15) is 12.1 Å². The Balaban J connectivity index is 1.46. The van der Waals surface area contributed by atoms with Gasteiger partial charge in [0.1, 0.15) is 0 Å². The summed E-state index contributed by atoms with van der Waals surface area (Å²) in [4.78, 5) is 16.6. The SMILES string of the molecule is Cc1ccc(=O)n(CCCN2CCN(c3cccc(Cl)c3)CC2)n1. The molecule has 2 heterocycles. The van der Waals surface area contributed by atoms with Crippen LogP contribution in [0, 0.1) is 6.92 Å². The van der Waals surface area contributed by atoms with Crippen LogP contribution >= 0.6 is 11.6 Å². The summed E-state index contributed by atoms with van der Waals surface area (Å²) in [6.45, 7) is 7.64. The molecule has 1 aromatic heterocycles. The first kappa shape index (κ1) is 17.0. The first-order valence-electron chi connectivity index (χ1n) is 8.39. The largest absolute Gasteiger partial charge is 0.369 e. The molecule has 0 aliphatic carbocycles. The number of nitrogens with zero attached hydrogens (tertiary/aromatic N) is 4. The summed E-state index contributed by atoms with van der Waals surface area (Å²) < 4.78 is 1.57. The van der Waals surface area contributed by atoms with Gasteiger partial charge in [0.25, 0.3) is 5.56 Å². The zero-order valence-electron chi connectivity index (χ0n) is 14.0. The second kappa shape index (κ2) is 7.81. The molecule has 3 rings (SSSR count). The van der Waals surface area contributed by atoms with E-state index in [1.807, 2.05) is 25.1 Å². The van der Waals surface area contributed by atoms with E-state index in [0.717, 1.165) is 49.9 Å². The quantitative estimate of drug-likeness (QED) is 0.833. The summed E-state index contributed by atoms with van der Waals surface area (Å²) in [5.74, 6) is 0.